The van der Waals surface area contributed by atoms with Crippen LogP contribution < -0.4 is 0 Å². The zero-order valence-corrected chi connectivity index (χ0v) is 13.8. The maximum Gasteiger partial charge on any atom is 0.123 e. The largest absolute Gasteiger partial charge is 0.207 e. The quantitative estimate of drug-likeness (QED) is 0.656. The van der Waals surface area contributed by atoms with Gasteiger partial charge in [0.15, 0.2) is 0 Å². The molecule has 0 aliphatic rings. The molecule has 106 valence electrons. The van der Waals surface area contributed by atoms with Crippen molar-refractivity contribution in [3.63, 3.8) is 0 Å². The third kappa shape index (κ3) is 3.51. The molecule has 0 fully saturated rings. The van der Waals surface area contributed by atoms with Crippen molar-refractivity contribution in [1.29, 1.82) is 0 Å². The molecule has 0 atom stereocenters. The molecule has 20 heavy (non-hydrogen) atoms. The summed E-state index contributed by atoms with van der Waals surface area (Å²) in [6.45, 7) is 0. The lowest BCUT2D eigenvalue weighted by Crippen LogP contribution is -2.20. The Labute approximate surface area is 133 Å². The lowest BCUT2D eigenvalue weighted by molar-refractivity contribution is 0.626. The fourth-order valence-corrected chi connectivity index (χ4v) is 4.30. The van der Waals surface area contributed by atoms with Gasteiger partial charge in [-0.1, -0.05) is 35.9 Å². The Balaban J connectivity index is 2.33. The summed E-state index contributed by atoms with van der Waals surface area (Å²) in [6.07, 6.45) is 5.06. The topological polar surface area (TPSA) is 0 Å². The number of benzene rings is 2. The van der Waals surface area contributed by atoms with Crippen LogP contribution in [0, 0.1) is 5.82 Å². The molecule has 4 heteroatoms. The van der Waals surface area contributed by atoms with E-state index in [4.69, 9.17) is 11.6 Å². The molecule has 0 unspecified atom stereocenters. The van der Waals surface area contributed by atoms with Gasteiger partial charge in [-0.05, 0) is 47.9 Å². The van der Waals surface area contributed by atoms with Crippen molar-refractivity contribution in [2.24, 2.45) is 0 Å². The van der Waals surface area contributed by atoms with Crippen molar-refractivity contribution in [3.8, 4) is 0 Å². The van der Waals surface area contributed by atoms with Gasteiger partial charge in [-0.15, -0.1) is 23.5 Å². The van der Waals surface area contributed by atoms with E-state index in [2.05, 4.69) is 12.5 Å². The molecule has 0 nitrogen and oxygen atoms in total. The van der Waals surface area contributed by atoms with Crippen molar-refractivity contribution in [2.75, 3.05) is 12.5 Å². The predicted octanol–water partition coefficient (Wildman–Crippen LogP) is 5.60. The standard InChI is InChI=1S/C16H16ClFS2/c1-19-16(20-2,13-5-9-15(18)10-6-13)11-12-3-7-14(17)8-4-12/h3-10H,11H2,1-2H3. The minimum absolute atomic E-state index is 0.110. The van der Waals surface area contributed by atoms with Gasteiger partial charge in [0.05, 0.1) is 4.08 Å². The van der Waals surface area contributed by atoms with Crippen LogP contribution in [-0.2, 0) is 10.5 Å². The molecule has 0 amide bonds. The second kappa shape index (κ2) is 6.88. The summed E-state index contributed by atoms with van der Waals surface area (Å²) in [4.78, 5) is 0. The minimum Gasteiger partial charge on any atom is -0.207 e. The van der Waals surface area contributed by atoms with Gasteiger partial charge in [0.25, 0.3) is 0 Å². The Bertz CT molecular complexity index is 548. The summed E-state index contributed by atoms with van der Waals surface area (Å²) >= 11 is 9.50. The first-order valence-corrected chi connectivity index (χ1v) is 9.03. The highest BCUT2D eigenvalue weighted by Crippen LogP contribution is 2.46. The van der Waals surface area contributed by atoms with Crippen LogP contribution in [-0.4, -0.2) is 12.5 Å². The highest BCUT2D eigenvalue weighted by atomic mass is 35.5. The fraction of sp³-hybridized carbons (Fsp3) is 0.250. The minimum atomic E-state index is -0.198. The van der Waals surface area contributed by atoms with E-state index < -0.39 is 0 Å². The lowest BCUT2D eigenvalue weighted by atomic mass is 10.0. The molecular formula is C16H16ClFS2. The van der Waals surface area contributed by atoms with Crippen molar-refractivity contribution in [3.05, 3.63) is 70.5 Å². The molecule has 0 bridgehead atoms. The van der Waals surface area contributed by atoms with Crippen molar-refractivity contribution >= 4 is 35.1 Å². The van der Waals surface area contributed by atoms with Gasteiger partial charge in [-0.25, -0.2) is 4.39 Å². The van der Waals surface area contributed by atoms with Gasteiger partial charge < -0.3 is 0 Å². The number of thioether (sulfide) groups is 2. The average molecular weight is 327 g/mol. The highest BCUT2D eigenvalue weighted by Gasteiger charge is 2.30. The number of hydrogen-bond donors (Lipinski definition) is 0. The van der Waals surface area contributed by atoms with E-state index in [9.17, 15) is 4.39 Å². The Morgan fingerprint density at radius 3 is 2.00 bits per heavy atom. The summed E-state index contributed by atoms with van der Waals surface area (Å²) in [5, 5.41) is 0.745. The summed E-state index contributed by atoms with van der Waals surface area (Å²) in [6, 6.07) is 14.7. The molecule has 2 aromatic carbocycles. The molecule has 0 N–H and O–H groups in total. The summed E-state index contributed by atoms with van der Waals surface area (Å²) in [5.74, 6) is -0.198. The van der Waals surface area contributed by atoms with Crippen LogP contribution in [0.3, 0.4) is 0 Å². The van der Waals surface area contributed by atoms with Crippen molar-refractivity contribution < 1.29 is 4.39 Å². The summed E-state index contributed by atoms with van der Waals surface area (Å²) < 4.78 is 13.0. The summed E-state index contributed by atoms with van der Waals surface area (Å²) in [7, 11) is 0. The van der Waals surface area contributed by atoms with E-state index in [1.54, 1.807) is 23.5 Å². The molecule has 0 aliphatic heterocycles. The second-order valence-corrected chi connectivity index (χ2v) is 7.38. The third-order valence-electron chi connectivity index (χ3n) is 3.29. The van der Waals surface area contributed by atoms with Crippen LogP contribution in [0.2, 0.25) is 5.02 Å². The van der Waals surface area contributed by atoms with Crippen LogP contribution in [0.4, 0.5) is 4.39 Å². The Morgan fingerprint density at radius 2 is 1.50 bits per heavy atom. The highest BCUT2D eigenvalue weighted by molar-refractivity contribution is 8.16. The first kappa shape index (κ1) is 15.7. The van der Waals surface area contributed by atoms with Crippen LogP contribution in [0.5, 0.6) is 0 Å². The molecule has 0 aliphatic carbocycles. The van der Waals surface area contributed by atoms with E-state index in [1.165, 1.54) is 17.7 Å². The zero-order chi connectivity index (χ0) is 14.6. The van der Waals surface area contributed by atoms with Crippen LogP contribution in [0.25, 0.3) is 0 Å². The Hall–Kier alpha value is -0.640. The zero-order valence-electron chi connectivity index (χ0n) is 11.4. The van der Waals surface area contributed by atoms with Gasteiger partial charge in [0, 0.05) is 11.4 Å². The molecule has 0 saturated carbocycles. The lowest BCUT2D eigenvalue weighted by Gasteiger charge is -2.31. The molecule has 0 spiro atoms. The Kier molecular flexibility index (Phi) is 5.42. The monoisotopic (exact) mass is 326 g/mol. The van der Waals surface area contributed by atoms with Crippen LogP contribution in [0.15, 0.2) is 48.5 Å². The second-order valence-electron chi connectivity index (χ2n) is 4.47. The van der Waals surface area contributed by atoms with E-state index in [0.717, 1.165) is 17.0 Å². The van der Waals surface area contributed by atoms with Gasteiger partial charge in [0.1, 0.15) is 5.82 Å². The average Bonchev–Trinajstić information content (AvgIpc) is 2.48. The number of halogens is 2. The van der Waals surface area contributed by atoms with Gasteiger partial charge in [-0.3, -0.25) is 0 Å². The summed E-state index contributed by atoms with van der Waals surface area (Å²) in [5.41, 5.74) is 2.36. The number of rotatable bonds is 5. The molecular weight excluding hydrogens is 311 g/mol. The van der Waals surface area contributed by atoms with Gasteiger partial charge in [-0.2, -0.15) is 0 Å². The maximum absolute atomic E-state index is 13.1. The molecule has 0 aromatic heterocycles. The molecule has 2 aromatic rings. The SMILES string of the molecule is CSC(Cc1ccc(Cl)cc1)(SC)c1ccc(F)cc1. The maximum atomic E-state index is 13.1. The van der Waals surface area contributed by atoms with Gasteiger partial charge >= 0.3 is 0 Å². The van der Waals surface area contributed by atoms with E-state index >= 15 is 0 Å². The fourth-order valence-electron chi connectivity index (χ4n) is 2.14. The van der Waals surface area contributed by atoms with Crippen LogP contribution in [0.1, 0.15) is 11.1 Å². The van der Waals surface area contributed by atoms with E-state index in [-0.39, 0.29) is 9.90 Å². The van der Waals surface area contributed by atoms with Crippen molar-refractivity contribution in [1.82, 2.24) is 0 Å². The normalized spacial score (nSPS) is 11.6. The number of hydrogen-bond acceptors (Lipinski definition) is 2. The Morgan fingerprint density at radius 1 is 0.950 bits per heavy atom. The van der Waals surface area contributed by atoms with E-state index in [0.29, 0.717) is 0 Å². The predicted molar refractivity (Wildman–Crippen MR) is 90.3 cm³/mol. The molecule has 2 rings (SSSR count). The first-order valence-electron chi connectivity index (χ1n) is 6.20. The molecule has 0 radical (unpaired) electrons. The third-order valence-corrected chi connectivity index (χ3v) is 6.62. The van der Waals surface area contributed by atoms with E-state index in [1.807, 2.05) is 36.4 Å². The smallest absolute Gasteiger partial charge is 0.123 e. The van der Waals surface area contributed by atoms with Crippen molar-refractivity contribution in [2.45, 2.75) is 10.5 Å². The first-order chi connectivity index (χ1) is 9.59. The van der Waals surface area contributed by atoms with Crippen LogP contribution >= 0.6 is 35.1 Å². The molecule has 0 saturated heterocycles. The van der Waals surface area contributed by atoms with Gasteiger partial charge in [0.2, 0.25) is 0 Å². The molecule has 0 heterocycles.